The third-order valence-electron chi connectivity index (χ3n) is 0.537. The molecule has 0 aromatic rings. The molecule has 1 atom stereocenters. The van der Waals surface area contributed by atoms with Gasteiger partial charge in [0.1, 0.15) is 6.54 Å². The molecular formula is C2H3NO3P+. The van der Waals surface area contributed by atoms with Crippen molar-refractivity contribution in [3.8, 4) is 0 Å². The summed E-state index contributed by atoms with van der Waals surface area (Å²) in [6.07, 6.45) is 0. The third-order valence-corrected chi connectivity index (χ3v) is 1.32. The molecule has 38 valence electrons. The van der Waals surface area contributed by atoms with Crippen molar-refractivity contribution in [2.45, 2.75) is 0 Å². The van der Waals surface area contributed by atoms with E-state index in [0.717, 1.165) is 0 Å². The number of hydrogen-bond donors (Lipinski definition) is 1. The van der Waals surface area contributed by atoms with Crippen LogP contribution in [0.25, 0.3) is 0 Å². The van der Waals surface area contributed by atoms with Crippen molar-refractivity contribution in [3.05, 3.63) is 0 Å². The highest BCUT2D eigenvalue weighted by molar-refractivity contribution is 7.38. The predicted molar refractivity (Wildman–Crippen MR) is 21.7 cm³/mol. The van der Waals surface area contributed by atoms with E-state index in [2.05, 4.69) is 9.61 Å². The minimum atomic E-state index is -1.85. The van der Waals surface area contributed by atoms with Crippen LogP contribution in [0.5, 0.6) is 0 Å². The van der Waals surface area contributed by atoms with Crippen molar-refractivity contribution in [2.75, 3.05) is 6.54 Å². The summed E-state index contributed by atoms with van der Waals surface area (Å²) in [5.74, 6) is -0.443. The molecule has 0 bridgehead atoms. The molecule has 0 aromatic carbocycles. The molecule has 1 aliphatic rings. The topological polar surface area (TPSA) is 55.4 Å². The van der Waals surface area contributed by atoms with Crippen LogP contribution in [0, 0.1) is 0 Å². The number of rotatable bonds is 0. The van der Waals surface area contributed by atoms with E-state index in [1.54, 1.807) is 0 Å². The van der Waals surface area contributed by atoms with E-state index in [0.29, 0.717) is 0 Å². The van der Waals surface area contributed by atoms with Crippen LogP contribution in [0.4, 0.5) is 0 Å². The lowest BCUT2D eigenvalue weighted by molar-refractivity contribution is -0.130. The van der Waals surface area contributed by atoms with E-state index in [1.807, 2.05) is 0 Å². The van der Waals surface area contributed by atoms with E-state index in [4.69, 9.17) is 0 Å². The van der Waals surface area contributed by atoms with Crippen molar-refractivity contribution in [3.63, 3.8) is 0 Å². The van der Waals surface area contributed by atoms with Gasteiger partial charge >= 0.3 is 14.1 Å². The van der Waals surface area contributed by atoms with Crippen molar-refractivity contribution >= 4 is 14.1 Å². The zero-order chi connectivity index (χ0) is 5.28. The highest BCUT2D eigenvalue weighted by Crippen LogP contribution is 2.20. The molecule has 0 saturated carbocycles. The summed E-state index contributed by atoms with van der Waals surface area (Å²) in [5, 5.41) is 2.31. The molecule has 5 heteroatoms. The number of nitrogens with one attached hydrogen (secondary N) is 1. The molecule has 1 N–H and O–H groups in total. The first-order chi connectivity index (χ1) is 3.29. The second-order valence-electron chi connectivity index (χ2n) is 1.06. The Morgan fingerprint density at radius 3 is 2.71 bits per heavy atom. The summed E-state index contributed by atoms with van der Waals surface area (Å²) in [7, 11) is -1.85. The van der Waals surface area contributed by atoms with Crippen molar-refractivity contribution in [1.29, 1.82) is 0 Å². The Bertz CT molecular complexity index is 108. The lowest BCUT2D eigenvalue weighted by Gasteiger charge is -1.63. The van der Waals surface area contributed by atoms with E-state index < -0.39 is 14.1 Å². The molecule has 0 aromatic heterocycles. The first-order valence-corrected chi connectivity index (χ1v) is 2.88. The normalized spacial score (nSPS) is 25.1. The SMILES string of the molecule is O=C1CN[P+](=O)O1. The van der Waals surface area contributed by atoms with Gasteiger partial charge in [-0.05, 0) is 0 Å². The van der Waals surface area contributed by atoms with Crippen LogP contribution in [0.15, 0.2) is 0 Å². The third kappa shape index (κ3) is 0.947. The molecule has 0 amide bonds. The van der Waals surface area contributed by atoms with Crippen LogP contribution in [0.2, 0.25) is 0 Å². The smallest absolute Gasteiger partial charge is 0.245 e. The fourth-order valence-corrected chi connectivity index (χ4v) is 0.858. The highest BCUT2D eigenvalue weighted by atomic mass is 31.1. The van der Waals surface area contributed by atoms with Gasteiger partial charge in [0.15, 0.2) is 0 Å². The van der Waals surface area contributed by atoms with E-state index in [1.165, 1.54) is 0 Å². The van der Waals surface area contributed by atoms with Gasteiger partial charge in [-0.25, -0.2) is 4.79 Å². The van der Waals surface area contributed by atoms with E-state index >= 15 is 0 Å². The lowest BCUT2D eigenvalue weighted by atomic mass is 10.7. The lowest BCUT2D eigenvalue weighted by Crippen LogP contribution is -2.03. The fraction of sp³-hybridized carbons (Fsp3) is 0.500. The first-order valence-electron chi connectivity index (χ1n) is 1.70. The average Bonchev–Trinajstić information content (AvgIpc) is 1.87. The zero-order valence-electron chi connectivity index (χ0n) is 3.38. The summed E-state index contributed by atoms with van der Waals surface area (Å²) in [6.45, 7) is 0.0786. The Morgan fingerprint density at radius 2 is 2.57 bits per heavy atom. The minimum absolute atomic E-state index is 0.0786. The van der Waals surface area contributed by atoms with E-state index in [9.17, 15) is 9.36 Å². The average molecular weight is 120 g/mol. The Kier molecular flexibility index (Phi) is 1.04. The number of carbonyl (C=O) groups excluding carboxylic acids is 1. The first kappa shape index (κ1) is 4.68. The van der Waals surface area contributed by atoms with Crippen LogP contribution in [0.1, 0.15) is 0 Å². The minimum Gasteiger partial charge on any atom is -0.245 e. The van der Waals surface area contributed by atoms with Gasteiger partial charge in [0.25, 0.3) is 0 Å². The van der Waals surface area contributed by atoms with Crippen LogP contribution in [0.3, 0.4) is 0 Å². The highest BCUT2D eigenvalue weighted by Gasteiger charge is 2.32. The summed E-state index contributed by atoms with van der Waals surface area (Å²) >= 11 is 0. The van der Waals surface area contributed by atoms with Gasteiger partial charge in [-0.15, -0.1) is 0 Å². The Labute approximate surface area is 40.8 Å². The molecule has 0 spiro atoms. The van der Waals surface area contributed by atoms with Crippen LogP contribution in [-0.4, -0.2) is 12.5 Å². The predicted octanol–water partition coefficient (Wildman–Crippen LogP) is -0.210. The molecule has 7 heavy (non-hydrogen) atoms. The molecule has 1 saturated heterocycles. The van der Waals surface area contributed by atoms with Gasteiger partial charge in [0.2, 0.25) is 0 Å². The fourth-order valence-electron chi connectivity index (χ4n) is 0.286. The molecule has 0 radical (unpaired) electrons. The van der Waals surface area contributed by atoms with Gasteiger partial charge in [-0.1, -0.05) is 5.09 Å². The van der Waals surface area contributed by atoms with Crippen LogP contribution < -0.4 is 5.09 Å². The van der Waals surface area contributed by atoms with Gasteiger partial charge in [-0.3, -0.25) is 0 Å². The largest absolute Gasteiger partial charge is 0.667 e. The molecular weight excluding hydrogens is 117 g/mol. The maximum Gasteiger partial charge on any atom is 0.667 e. The van der Waals surface area contributed by atoms with Gasteiger partial charge in [0, 0.05) is 4.57 Å². The Hall–Kier alpha value is -0.470. The summed E-state index contributed by atoms with van der Waals surface area (Å²) in [5.41, 5.74) is 0. The molecule has 1 fully saturated rings. The van der Waals surface area contributed by atoms with Gasteiger partial charge in [-0.2, -0.15) is 4.52 Å². The van der Waals surface area contributed by atoms with Crippen LogP contribution in [-0.2, 0) is 13.9 Å². The van der Waals surface area contributed by atoms with Crippen molar-refractivity contribution in [2.24, 2.45) is 0 Å². The maximum atomic E-state index is 10.0. The molecule has 1 rings (SSSR count). The summed E-state index contributed by atoms with van der Waals surface area (Å²) < 4.78 is 14.2. The molecule has 1 heterocycles. The standard InChI is InChI=1S/C2H3NO3P/c4-2-1-3-7(5)6-2/h1H2,(H,3,5)/q+1. The second kappa shape index (κ2) is 1.56. The molecule has 1 aliphatic heterocycles. The Balaban J connectivity index is 2.55. The van der Waals surface area contributed by atoms with Gasteiger partial charge in [0.05, 0.1) is 0 Å². The maximum absolute atomic E-state index is 10.0. The second-order valence-corrected chi connectivity index (χ2v) is 2.07. The number of hydrogen-bond acceptors (Lipinski definition) is 3. The monoisotopic (exact) mass is 120 g/mol. The molecule has 1 unspecified atom stereocenters. The molecule has 4 nitrogen and oxygen atoms in total. The van der Waals surface area contributed by atoms with E-state index in [-0.39, 0.29) is 6.54 Å². The van der Waals surface area contributed by atoms with Crippen LogP contribution >= 0.6 is 8.18 Å². The van der Waals surface area contributed by atoms with Crippen molar-refractivity contribution in [1.82, 2.24) is 5.09 Å². The van der Waals surface area contributed by atoms with Crippen molar-refractivity contribution < 1.29 is 13.9 Å². The summed E-state index contributed by atoms with van der Waals surface area (Å²) in [4.78, 5) is 9.98. The quantitative estimate of drug-likeness (QED) is 0.449. The van der Waals surface area contributed by atoms with Gasteiger partial charge < -0.3 is 0 Å². The Morgan fingerprint density at radius 1 is 1.86 bits per heavy atom. The number of carbonyl (C=O) groups is 1. The summed E-state index contributed by atoms with van der Waals surface area (Å²) in [6, 6.07) is 0. The zero-order valence-corrected chi connectivity index (χ0v) is 4.27. The molecule has 0 aliphatic carbocycles.